The molecule has 0 aliphatic rings. The average molecular weight is 290 g/mol. The number of furan rings is 1. The first-order valence-electron chi connectivity index (χ1n) is 7.14. The van der Waals surface area contributed by atoms with Gasteiger partial charge in [0.05, 0.1) is 6.26 Å². The van der Waals surface area contributed by atoms with Crippen molar-refractivity contribution in [1.29, 1.82) is 0 Å². The molecular weight excluding hydrogens is 276 g/mol. The molecule has 3 nitrogen and oxygen atoms in total. The Balaban J connectivity index is 2.14. The summed E-state index contributed by atoms with van der Waals surface area (Å²) in [5, 5.41) is 1.96. The summed E-state index contributed by atoms with van der Waals surface area (Å²) in [6.07, 6.45) is 1.72. The van der Waals surface area contributed by atoms with Crippen LogP contribution in [0.15, 0.2) is 62.4 Å². The number of hydrogen-bond donors (Lipinski definition) is 0. The Labute approximate surface area is 126 Å². The van der Waals surface area contributed by atoms with Gasteiger partial charge in [0, 0.05) is 22.9 Å². The number of rotatable bonds is 1. The molecule has 0 radical (unpaired) electrons. The monoisotopic (exact) mass is 290 g/mol. The van der Waals surface area contributed by atoms with Crippen molar-refractivity contribution >= 4 is 21.9 Å². The number of fused-ring (bicyclic) bond motifs is 2. The Bertz CT molecular complexity index is 1070. The van der Waals surface area contributed by atoms with Crippen LogP contribution in [-0.4, -0.2) is 0 Å². The lowest BCUT2D eigenvalue weighted by Gasteiger charge is -2.07. The van der Waals surface area contributed by atoms with Crippen LogP contribution in [0.4, 0.5) is 0 Å². The first-order valence-corrected chi connectivity index (χ1v) is 7.14. The molecule has 2 aromatic carbocycles. The van der Waals surface area contributed by atoms with Crippen LogP contribution in [-0.2, 0) is 0 Å². The normalized spacial score (nSPS) is 11.4. The van der Waals surface area contributed by atoms with E-state index in [0.717, 1.165) is 38.6 Å². The third-order valence-corrected chi connectivity index (χ3v) is 3.96. The van der Waals surface area contributed by atoms with Crippen LogP contribution in [0.5, 0.6) is 0 Å². The molecule has 4 rings (SSSR count). The van der Waals surface area contributed by atoms with Crippen molar-refractivity contribution in [3.05, 3.63) is 70.3 Å². The Kier molecular flexibility index (Phi) is 2.70. The molecule has 2 heterocycles. The van der Waals surface area contributed by atoms with Crippen LogP contribution in [0.3, 0.4) is 0 Å². The van der Waals surface area contributed by atoms with Crippen LogP contribution >= 0.6 is 0 Å². The van der Waals surface area contributed by atoms with Gasteiger partial charge in [-0.3, -0.25) is 0 Å². The minimum atomic E-state index is -0.355. The lowest BCUT2D eigenvalue weighted by molar-refractivity contribution is 0.559. The first kappa shape index (κ1) is 12.9. The highest BCUT2D eigenvalue weighted by molar-refractivity contribution is 6.01. The van der Waals surface area contributed by atoms with Crippen LogP contribution in [0.1, 0.15) is 11.1 Å². The number of benzene rings is 2. The Morgan fingerprint density at radius 3 is 2.59 bits per heavy atom. The molecule has 0 fully saturated rings. The highest BCUT2D eigenvalue weighted by atomic mass is 16.4. The second kappa shape index (κ2) is 4.60. The third-order valence-electron chi connectivity index (χ3n) is 3.96. The molecule has 0 bridgehead atoms. The summed E-state index contributed by atoms with van der Waals surface area (Å²) >= 11 is 0. The molecule has 0 atom stereocenters. The van der Waals surface area contributed by atoms with Gasteiger partial charge >= 0.3 is 5.63 Å². The van der Waals surface area contributed by atoms with Gasteiger partial charge in [0.15, 0.2) is 0 Å². The van der Waals surface area contributed by atoms with Gasteiger partial charge in [-0.05, 0) is 36.6 Å². The van der Waals surface area contributed by atoms with E-state index in [2.05, 4.69) is 6.07 Å². The zero-order chi connectivity index (χ0) is 15.3. The summed E-state index contributed by atoms with van der Waals surface area (Å²) < 4.78 is 10.9. The maximum absolute atomic E-state index is 11.9. The molecule has 108 valence electrons. The minimum absolute atomic E-state index is 0.355. The van der Waals surface area contributed by atoms with Gasteiger partial charge in [-0.2, -0.15) is 0 Å². The van der Waals surface area contributed by atoms with Crippen molar-refractivity contribution in [3.8, 4) is 11.1 Å². The van der Waals surface area contributed by atoms with Crippen LogP contribution < -0.4 is 5.63 Å². The fourth-order valence-corrected chi connectivity index (χ4v) is 2.86. The van der Waals surface area contributed by atoms with Gasteiger partial charge in [-0.15, -0.1) is 0 Å². The molecule has 0 unspecified atom stereocenters. The van der Waals surface area contributed by atoms with Gasteiger partial charge in [-0.1, -0.05) is 29.8 Å². The molecule has 22 heavy (non-hydrogen) atoms. The quantitative estimate of drug-likeness (QED) is 0.472. The SMILES string of the molecule is Cc1cccc(-c2cc(=O)oc3cc4occ(C)c4cc23)c1. The fraction of sp³-hybridized carbons (Fsp3) is 0.105. The Morgan fingerprint density at radius 1 is 0.909 bits per heavy atom. The van der Waals surface area contributed by atoms with E-state index < -0.39 is 0 Å². The molecule has 0 N–H and O–H groups in total. The lowest BCUT2D eigenvalue weighted by atomic mass is 9.99. The van der Waals surface area contributed by atoms with Crippen molar-refractivity contribution in [3.63, 3.8) is 0 Å². The summed E-state index contributed by atoms with van der Waals surface area (Å²) in [4.78, 5) is 11.9. The second-order valence-corrected chi connectivity index (χ2v) is 5.61. The second-order valence-electron chi connectivity index (χ2n) is 5.61. The van der Waals surface area contributed by atoms with Gasteiger partial charge in [0.25, 0.3) is 0 Å². The smallest absolute Gasteiger partial charge is 0.336 e. The van der Waals surface area contributed by atoms with E-state index in [0.29, 0.717) is 5.58 Å². The van der Waals surface area contributed by atoms with E-state index in [-0.39, 0.29) is 5.63 Å². The number of hydrogen-bond acceptors (Lipinski definition) is 3. The summed E-state index contributed by atoms with van der Waals surface area (Å²) in [6.45, 7) is 4.04. The lowest BCUT2D eigenvalue weighted by Crippen LogP contribution is -1.98. The molecule has 0 spiro atoms. The van der Waals surface area contributed by atoms with Crippen LogP contribution in [0.2, 0.25) is 0 Å². The average Bonchev–Trinajstić information content (AvgIpc) is 2.85. The fourth-order valence-electron chi connectivity index (χ4n) is 2.86. The van der Waals surface area contributed by atoms with Gasteiger partial charge in [0.2, 0.25) is 0 Å². The van der Waals surface area contributed by atoms with Gasteiger partial charge in [-0.25, -0.2) is 4.79 Å². The summed E-state index contributed by atoms with van der Waals surface area (Å²) in [5.41, 5.74) is 5.04. The number of aryl methyl sites for hydroxylation is 2. The van der Waals surface area contributed by atoms with E-state index in [1.54, 1.807) is 18.4 Å². The standard InChI is InChI=1S/C19H14O3/c1-11-4-3-5-13(6-11)15-8-19(20)22-18-9-17-14(7-16(15)18)12(2)10-21-17/h3-10H,1-2H3. The third kappa shape index (κ3) is 1.94. The van der Waals surface area contributed by atoms with E-state index in [1.807, 2.05) is 38.1 Å². The zero-order valence-corrected chi connectivity index (χ0v) is 12.3. The molecule has 0 saturated carbocycles. The molecule has 3 heteroatoms. The molecule has 0 aliphatic carbocycles. The van der Waals surface area contributed by atoms with Crippen molar-refractivity contribution in [2.45, 2.75) is 13.8 Å². The highest BCUT2D eigenvalue weighted by Gasteiger charge is 2.12. The van der Waals surface area contributed by atoms with Crippen molar-refractivity contribution < 1.29 is 8.83 Å². The Hall–Kier alpha value is -2.81. The molecule has 0 aliphatic heterocycles. The van der Waals surface area contributed by atoms with Crippen LogP contribution in [0, 0.1) is 13.8 Å². The van der Waals surface area contributed by atoms with E-state index in [4.69, 9.17) is 8.83 Å². The van der Waals surface area contributed by atoms with E-state index in [9.17, 15) is 4.79 Å². The summed E-state index contributed by atoms with van der Waals surface area (Å²) in [7, 11) is 0. The zero-order valence-electron chi connectivity index (χ0n) is 12.3. The maximum Gasteiger partial charge on any atom is 0.336 e. The maximum atomic E-state index is 11.9. The predicted molar refractivity (Wildman–Crippen MR) is 87.2 cm³/mol. The van der Waals surface area contributed by atoms with Crippen molar-refractivity contribution in [2.75, 3.05) is 0 Å². The molecule has 4 aromatic rings. The van der Waals surface area contributed by atoms with E-state index in [1.165, 1.54) is 0 Å². The van der Waals surface area contributed by atoms with Gasteiger partial charge in [0.1, 0.15) is 11.2 Å². The topological polar surface area (TPSA) is 43.4 Å². The molecule has 2 aromatic heterocycles. The first-order chi connectivity index (χ1) is 10.6. The van der Waals surface area contributed by atoms with E-state index >= 15 is 0 Å². The summed E-state index contributed by atoms with van der Waals surface area (Å²) in [5.74, 6) is 0. The molecular formula is C19H14O3. The van der Waals surface area contributed by atoms with Gasteiger partial charge < -0.3 is 8.83 Å². The molecule has 0 saturated heterocycles. The summed E-state index contributed by atoms with van der Waals surface area (Å²) in [6, 6.07) is 13.5. The minimum Gasteiger partial charge on any atom is -0.464 e. The van der Waals surface area contributed by atoms with Crippen molar-refractivity contribution in [1.82, 2.24) is 0 Å². The highest BCUT2D eigenvalue weighted by Crippen LogP contribution is 2.32. The van der Waals surface area contributed by atoms with Crippen molar-refractivity contribution in [2.24, 2.45) is 0 Å². The molecule has 0 amide bonds. The van der Waals surface area contributed by atoms with Crippen LogP contribution in [0.25, 0.3) is 33.1 Å². The largest absolute Gasteiger partial charge is 0.464 e. The Morgan fingerprint density at radius 2 is 1.77 bits per heavy atom. The predicted octanol–water partition coefficient (Wildman–Crippen LogP) is 4.82.